The zero-order valence-corrected chi connectivity index (χ0v) is 28.0. The summed E-state index contributed by atoms with van der Waals surface area (Å²) in [6.45, 7) is 4.88. The molecule has 0 saturated carbocycles. The van der Waals surface area contributed by atoms with Crippen LogP contribution in [0.2, 0.25) is 0 Å². The molecule has 286 valence electrons. The molecule has 0 radical (unpaired) electrons. The summed E-state index contributed by atoms with van der Waals surface area (Å²) in [5, 5.41) is 19.5. The van der Waals surface area contributed by atoms with Gasteiger partial charge >= 0.3 is 30.5 Å². The van der Waals surface area contributed by atoms with Crippen molar-refractivity contribution in [2.75, 3.05) is 18.5 Å². The number of nitrogens with one attached hydrogen (secondary N) is 2. The standard InChI is InChI=1S/C28H25F6N3O5S.C2HF3O2.C2H6/c29-27(30,31)20-14-19(15-21(16-20)28(32,33)34)9-10-22(17-26(38)39)37-43(40,41)24-7-5-6-23(18-24)42-13-4-3-12-36-25-8-1-2-11-35-25;3-2(4,5)1(6)7;1-2/h1-2,5-8,11,14-16,18,22,37H,3-4,12-13,17H2,(H,35,36)(H,38,39);(H,6,7);1-2H3. The van der Waals surface area contributed by atoms with Crippen molar-refractivity contribution in [3.05, 3.63) is 83.6 Å². The first-order chi connectivity index (χ1) is 24.1. The largest absolute Gasteiger partial charge is 0.494 e. The normalized spacial score (nSPS) is 12.1. The monoisotopic (exact) mass is 773 g/mol. The predicted octanol–water partition coefficient (Wildman–Crippen LogP) is 7.22. The lowest BCUT2D eigenvalue weighted by atomic mass is 10.0. The number of sulfonamides is 1. The van der Waals surface area contributed by atoms with Gasteiger partial charge in [0.1, 0.15) is 11.6 Å². The van der Waals surface area contributed by atoms with Gasteiger partial charge in [-0.1, -0.05) is 37.8 Å². The van der Waals surface area contributed by atoms with E-state index >= 15 is 0 Å². The molecule has 1 heterocycles. The highest BCUT2D eigenvalue weighted by Gasteiger charge is 2.38. The van der Waals surface area contributed by atoms with E-state index in [2.05, 4.69) is 16.2 Å². The first kappa shape index (κ1) is 45.0. The van der Waals surface area contributed by atoms with Crippen LogP contribution in [0.5, 0.6) is 5.75 Å². The molecule has 0 fully saturated rings. The molecule has 1 unspecified atom stereocenters. The van der Waals surface area contributed by atoms with Gasteiger partial charge in [-0.05, 0) is 55.3 Å². The Morgan fingerprint density at radius 3 is 1.96 bits per heavy atom. The molecule has 0 spiro atoms. The Hall–Kier alpha value is -5.03. The highest BCUT2D eigenvalue weighted by Crippen LogP contribution is 2.36. The minimum Gasteiger partial charge on any atom is -0.494 e. The summed E-state index contributed by atoms with van der Waals surface area (Å²) in [5.41, 5.74) is -3.98. The van der Waals surface area contributed by atoms with Crippen molar-refractivity contribution in [3.8, 4) is 17.6 Å². The molecule has 52 heavy (non-hydrogen) atoms. The molecule has 20 heteroatoms. The number of aromatic nitrogens is 1. The van der Waals surface area contributed by atoms with Crippen molar-refractivity contribution in [2.24, 2.45) is 0 Å². The Kier molecular flexibility index (Phi) is 17.4. The molecule has 4 N–H and O–H groups in total. The van der Waals surface area contributed by atoms with Crippen molar-refractivity contribution in [1.82, 2.24) is 9.71 Å². The van der Waals surface area contributed by atoms with Crippen LogP contribution >= 0.6 is 0 Å². The van der Waals surface area contributed by atoms with Crippen LogP contribution in [0.25, 0.3) is 0 Å². The van der Waals surface area contributed by atoms with Crippen LogP contribution in [0.15, 0.2) is 71.8 Å². The number of anilines is 1. The molecule has 10 nitrogen and oxygen atoms in total. The third kappa shape index (κ3) is 16.8. The van der Waals surface area contributed by atoms with Gasteiger partial charge < -0.3 is 20.3 Å². The van der Waals surface area contributed by atoms with Gasteiger partial charge in [0.2, 0.25) is 10.0 Å². The molecule has 0 bridgehead atoms. The van der Waals surface area contributed by atoms with Gasteiger partial charge in [0, 0.05) is 24.4 Å². The number of carboxylic acids is 2. The number of carboxylic acid groups (broad SMARTS) is 2. The Labute approximate surface area is 292 Å². The smallest absolute Gasteiger partial charge is 0.490 e. The lowest BCUT2D eigenvalue weighted by Gasteiger charge is -2.14. The molecule has 3 aromatic rings. The number of alkyl halides is 9. The quantitative estimate of drug-likeness (QED) is 0.0849. The fraction of sp³-hybridized carbons (Fsp3) is 0.344. The summed E-state index contributed by atoms with van der Waals surface area (Å²) >= 11 is 0. The van der Waals surface area contributed by atoms with Gasteiger partial charge in [0.05, 0.1) is 35.1 Å². The van der Waals surface area contributed by atoms with Crippen molar-refractivity contribution in [3.63, 3.8) is 0 Å². The zero-order chi connectivity index (χ0) is 39.8. The predicted molar refractivity (Wildman–Crippen MR) is 169 cm³/mol. The van der Waals surface area contributed by atoms with Crippen LogP contribution in [0.3, 0.4) is 0 Å². The van der Waals surface area contributed by atoms with Crippen molar-refractivity contribution >= 4 is 27.8 Å². The third-order valence-corrected chi connectivity index (χ3v) is 7.29. The number of rotatable bonds is 12. The molecule has 0 amide bonds. The molecule has 2 aromatic carbocycles. The van der Waals surface area contributed by atoms with Crippen molar-refractivity contribution in [2.45, 2.75) is 62.6 Å². The summed E-state index contributed by atoms with van der Waals surface area (Å²) in [6, 6.07) is 9.64. The fourth-order valence-electron chi connectivity index (χ4n) is 3.58. The molecule has 3 rings (SSSR count). The SMILES string of the molecule is CC.O=C(O)C(F)(F)F.O=C(O)CC(C#Cc1cc(C(F)(F)F)cc(C(F)(F)F)c1)NS(=O)(=O)c1cccc(OCCCCNc2ccccn2)c1. The molecule has 0 aliphatic rings. The molecular weight excluding hydrogens is 741 g/mol. The minimum absolute atomic E-state index is 0.0865. The molecule has 1 aromatic heterocycles. The Balaban J connectivity index is 0.00000134. The van der Waals surface area contributed by atoms with E-state index in [4.69, 9.17) is 14.6 Å². The van der Waals surface area contributed by atoms with E-state index in [-0.39, 0.29) is 23.3 Å². The first-order valence-corrected chi connectivity index (χ1v) is 16.3. The maximum absolute atomic E-state index is 13.1. The number of unbranched alkanes of at least 4 members (excludes halogenated alkanes) is 1. The Morgan fingerprint density at radius 1 is 0.865 bits per heavy atom. The molecular formula is C32H32F9N3O7S. The van der Waals surface area contributed by atoms with E-state index in [9.17, 15) is 57.8 Å². The van der Waals surface area contributed by atoms with Gasteiger partial charge in [0.25, 0.3) is 0 Å². The van der Waals surface area contributed by atoms with Gasteiger partial charge in [-0.15, -0.1) is 0 Å². The highest BCUT2D eigenvalue weighted by molar-refractivity contribution is 7.89. The Bertz CT molecular complexity index is 1740. The number of carbonyl (C=O) groups is 2. The van der Waals surface area contributed by atoms with Crippen LogP contribution in [0, 0.1) is 11.8 Å². The first-order valence-electron chi connectivity index (χ1n) is 14.8. The summed E-state index contributed by atoms with van der Waals surface area (Å²) in [4.78, 5) is 24.0. The average molecular weight is 774 g/mol. The second-order valence-corrected chi connectivity index (χ2v) is 11.5. The maximum atomic E-state index is 13.1. The number of ether oxygens (including phenoxy) is 1. The van der Waals surface area contributed by atoms with Crippen LogP contribution in [0.1, 0.15) is 49.8 Å². The fourth-order valence-corrected chi connectivity index (χ4v) is 4.76. The number of hydrogen-bond donors (Lipinski definition) is 4. The lowest BCUT2D eigenvalue weighted by molar-refractivity contribution is -0.192. The van der Waals surface area contributed by atoms with Gasteiger partial charge in [-0.25, -0.2) is 18.2 Å². The van der Waals surface area contributed by atoms with Crippen LogP contribution in [-0.2, 0) is 32.0 Å². The Morgan fingerprint density at radius 2 is 1.46 bits per heavy atom. The van der Waals surface area contributed by atoms with E-state index in [0.717, 1.165) is 12.2 Å². The van der Waals surface area contributed by atoms with E-state index in [1.165, 1.54) is 24.3 Å². The van der Waals surface area contributed by atoms with Crippen LogP contribution in [-0.4, -0.2) is 60.9 Å². The average Bonchev–Trinajstić information content (AvgIpc) is 3.05. The second-order valence-electron chi connectivity index (χ2n) is 9.81. The van der Waals surface area contributed by atoms with Crippen molar-refractivity contribution < 1.29 is 72.5 Å². The third-order valence-electron chi connectivity index (χ3n) is 5.82. The van der Waals surface area contributed by atoms with E-state index in [0.29, 0.717) is 25.1 Å². The molecule has 0 aliphatic carbocycles. The summed E-state index contributed by atoms with van der Waals surface area (Å²) in [6.07, 6.45) is -13.3. The van der Waals surface area contributed by atoms with Gasteiger partial charge in [-0.3, -0.25) is 4.79 Å². The summed E-state index contributed by atoms with van der Waals surface area (Å²) in [5.74, 6) is 0.823. The van der Waals surface area contributed by atoms with Crippen LogP contribution in [0.4, 0.5) is 45.3 Å². The van der Waals surface area contributed by atoms with Crippen LogP contribution < -0.4 is 14.8 Å². The molecule has 0 saturated heterocycles. The van der Waals surface area contributed by atoms with Gasteiger partial charge in [0.15, 0.2) is 0 Å². The van der Waals surface area contributed by atoms with E-state index in [1.54, 1.807) is 12.3 Å². The number of hydrogen-bond acceptors (Lipinski definition) is 7. The molecule has 0 aliphatic heterocycles. The number of halogens is 9. The second kappa shape index (κ2) is 20.1. The van der Waals surface area contributed by atoms with Gasteiger partial charge in [-0.2, -0.15) is 44.2 Å². The summed E-state index contributed by atoms with van der Waals surface area (Å²) in [7, 11) is -4.44. The maximum Gasteiger partial charge on any atom is 0.490 e. The molecule has 1 atom stereocenters. The highest BCUT2D eigenvalue weighted by atomic mass is 32.2. The van der Waals surface area contributed by atoms with E-state index < -0.39 is 69.6 Å². The minimum atomic E-state index is -5.12. The lowest BCUT2D eigenvalue weighted by Crippen LogP contribution is -2.35. The summed E-state index contributed by atoms with van der Waals surface area (Å²) < 4.78 is 144. The number of aliphatic carboxylic acids is 2. The zero-order valence-electron chi connectivity index (χ0n) is 27.2. The number of nitrogens with zero attached hydrogens (tertiary/aromatic N) is 1. The topological polar surface area (TPSA) is 155 Å². The van der Waals surface area contributed by atoms with Crippen molar-refractivity contribution in [1.29, 1.82) is 0 Å². The number of benzene rings is 2. The number of pyridine rings is 1. The van der Waals surface area contributed by atoms with E-state index in [1.807, 2.05) is 36.6 Å².